The first-order valence-corrected chi connectivity index (χ1v) is 8.27. The molecule has 0 radical (unpaired) electrons. The third-order valence-corrected chi connectivity index (χ3v) is 4.72. The molecule has 0 saturated heterocycles. The molecule has 1 aliphatic rings. The van der Waals surface area contributed by atoms with Crippen LogP contribution in [0.15, 0.2) is 36.9 Å². The largest absolute Gasteiger partial charge is 0.395 e. The summed E-state index contributed by atoms with van der Waals surface area (Å²) in [5, 5.41) is 8.06. The van der Waals surface area contributed by atoms with Gasteiger partial charge in [-0.2, -0.15) is 0 Å². The predicted octanol–water partition coefficient (Wildman–Crippen LogP) is 2.44. The van der Waals surface area contributed by atoms with Gasteiger partial charge in [-0.1, -0.05) is 0 Å². The average Bonchev–Trinajstić information content (AvgIpc) is 3.06. The molecule has 1 saturated carbocycles. The number of fused-ring (bicyclic) bond motifs is 1. The van der Waals surface area contributed by atoms with Crippen molar-refractivity contribution in [3.05, 3.63) is 42.5 Å². The quantitative estimate of drug-likeness (QED) is 0.683. The second kappa shape index (κ2) is 6.09. The molecule has 3 aromatic rings. The standard InChI is InChI=1S/C17H21N7/c18-12-5-3-11(4-6-12)14-15(19)17-21-8-9-24(17)23-16(14)22-13-2-1-7-20-10-13/h1-2,7-12H,3-6,18-19H2,(H,22,23). The molecule has 0 unspecified atom stereocenters. The number of nitrogens with two attached hydrogens (primary N) is 2. The number of nitrogen functional groups attached to an aromatic ring is 1. The molecule has 0 aromatic carbocycles. The van der Waals surface area contributed by atoms with Gasteiger partial charge in [-0.25, -0.2) is 9.50 Å². The van der Waals surface area contributed by atoms with Crippen molar-refractivity contribution in [2.75, 3.05) is 11.1 Å². The molecule has 7 heteroatoms. The first-order valence-electron chi connectivity index (χ1n) is 8.27. The summed E-state index contributed by atoms with van der Waals surface area (Å²) in [7, 11) is 0. The van der Waals surface area contributed by atoms with E-state index in [1.54, 1.807) is 29.3 Å². The number of rotatable bonds is 3. The van der Waals surface area contributed by atoms with E-state index >= 15 is 0 Å². The summed E-state index contributed by atoms with van der Waals surface area (Å²) in [5.41, 5.74) is 15.9. The summed E-state index contributed by atoms with van der Waals surface area (Å²) in [4.78, 5) is 8.50. The highest BCUT2D eigenvalue weighted by molar-refractivity contribution is 5.76. The molecule has 124 valence electrons. The van der Waals surface area contributed by atoms with Gasteiger partial charge in [0.25, 0.3) is 0 Å². The fraction of sp³-hybridized carbons (Fsp3) is 0.353. The van der Waals surface area contributed by atoms with Gasteiger partial charge in [0.15, 0.2) is 11.5 Å². The van der Waals surface area contributed by atoms with E-state index in [1.807, 2.05) is 12.1 Å². The number of aromatic nitrogens is 4. The van der Waals surface area contributed by atoms with Crippen LogP contribution in [0.3, 0.4) is 0 Å². The zero-order valence-corrected chi connectivity index (χ0v) is 13.4. The molecule has 3 heterocycles. The summed E-state index contributed by atoms with van der Waals surface area (Å²) in [6.45, 7) is 0. The van der Waals surface area contributed by atoms with Gasteiger partial charge in [0.05, 0.1) is 17.6 Å². The van der Waals surface area contributed by atoms with E-state index in [4.69, 9.17) is 11.5 Å². The maximum atomic E-state index is 6.47. The van der Waals surface area contributed by atoms with E-state index in [0.29, 0.717) is 23.3 Å². The van der Waals surface area contributed by atoms with Crippen molar-refractivity contribution in [1.29, 1.82) is 0 Å². The van der Waals surface area contributed by atoms with E-state index < -0.39 is 0 Å². The molecule has 0 atom stereocenters. The van der Waals surface area contributed by atoms with Crippen LogP contribution in [0.25, 0.3) is 5.65 Å². The van der Waals surface area contributed by atoms with E-state index in [-0.39, 0.29) is 0 Å². The first kappa shape index (κ1) is 14.9. The Morgan fingerprint density at radius 3 is 2.75 bits per heavy atom. The third-order valence-electron chi connectivity index (χ3n) is 4.72. The van der Waals surface area contributed by atoms with Crippen LogP contribution in [0, 0.1) is 0 Å². The lowest BCUT2D eigenvalue weighted by Gasteiger charge is -2.28. The number of nitrogens with one attached hydrogen (secondary N) is 1. The minimum Gasteiger partial charge on any atom is -0.395 e. The molecule has 0 amide bonds. The molecule has 5 N–H and O–H groups in total. The number of anilines is 3. The Morgan fingerprint density at radius 2 is 2.00 bits per heavy atom. The lowest BCUT2D eigenvalue weighted by molar-refractivity contribution is 0.396. The molecule has 3 aromatic heterocycles. The fourth-order valence-corrected chi connectivity index (χ4v) is 3.47. The van der Waals surface area contributed by atoms with Crippen molar-refractivity contribution >= 4 is 22.8 Å². The Kier molecular flexibility index (Phi) is 3.78. The highest BCUT2D eigenvalue weighted by atomic mass is 15.3. The number of imidazole rings is 1. The summed E-state index contributed by atoms with van der Waals surface area (Å²) >= 11 is 0. The Morgan fingerprint density at radius 1 is 1.17 bits per heavy atom. The molecule has 0 spiro atoms. The first-order chi connectivity index (χ1) is 11.7. The van der Waals surface area contributed by atoms with Gasteiger partial charge in [0.2, 0.25) is 0 Å². The van der Waals surface area contributed by atoms with Crippen LogP contribution in [0.2, 0.25) is 0 Å². The van der Waals surface area contributed by atoms with Gasteiger partial charge in [-0.15, -0.1) is 5.10 Å². The number of hydrogen-bond acceptors (Lipinski definition) is 6. The van der Waals surface area contributed by atoms with Crippen molar-refractivity contribution in [3.8, 4) is 0 Å². The van der Waals surface area contributed by atoms with Crippen molar-refractivity contribution in [2.24, 2.45) is 5.73 Å². The number of nitrogens with zero attached hydrogens (tertiary/aromatic N) is 4. The lowest BCUT2D eigenvalue weighted by Crippen LogP contribution is -2.26. The van der Waals surface area contributed by atoms with Crippen LogP contribution < -0.4 is 16.8 Å². The maximum Gasteiger partial charge on any atom is 0.177 e. The second-order valence-electron chi connectivity index (χ2n) is 6.35. The zero-order valence-electron chi connectivity index (χ0n) is 13.4. The van der Waals surface area contributed by atoms with E-state index in [1.165, 1.54) is 0 Å². The van der Waals surface area contributed by atoms with Gasteiger partial charge in [-0.3, -0.25) is 4.98 Å². The molecule has 7 nitrogen and oxygen atoms in total. The van der Waals surface area contributed by atoms with Crippen LogP contribution in [-0.4, -0.2) is 25.6 Å². The van der Waals surface area contributed by atoms with Crippen molar-refractivity contribution in [1.82, 2.24) is 19.6 Å². The fourth-order valence-electron chi connectivity index (χ4n) is 3.47. The maximum absolute atomic E-state index is 6.47. The Hall–Kier alpha value is -2.67. The molecular formula is C17H21N7. The van der Waals surface area contributed by atoms with E-state index in [9.17, 15) is 0 Å². The van der Waals surface area contributed by atoms with Crippen LogP contribution in [0.4, 0.5) is 17.2 Å². The average molecular weight is 323 g/mol. The van der Waals surface area contributed by atoms with Gasteiger partial charge >= 0.3 is 0 Å². The van der Waals surface area contributed by atoms with Crippen molar-refractivity contribution in [3.63, 3.8) is 0 Å². The Bertz CT molecular complexity index is 835. The van der Waals surface area contributed by atoms with Crippen LogP contribution in [0.1, 0.15) is 37.2 Å². The highest BCUT2D eigenvalue weighted by Crippen LogP contribution is 2.40. The molecule has 24 heavy (non-hydrogen) atoms. The second-order valence-corrected chi connectivity index (χ2v) is 6.35. The smallest absolute Gasteiger partial charge is 0.177 e. The predicted molar refractivity (Wildman–Crippen MR) is 94.1 cm³/mol. The zero-order chi connectivity index (χ0) is 16.5. The van der Waals surface area contributed by atoms with Crippen LogP contribution >= 0.6 is 0 Å². The lowest BCUT2D eigenvalue weighted by atomic mass is 9.81. The Balaban J connectivity index is 1.79. The molecule has 4 rings (SSSR count). The van der Waals surface area contributed by atoms with Gasteiger partial charge in [0, 0.05) is 30.2 Å². The summed E-state index contributed by atoms with van der Waals surface area (Å²) in [6.07, 6.45) is 11.1. The SMILES string of the molecule is Nc1c(C2CCC(N)CC2)c(Nc2cccnc2)nn2ccnc12. The number of pyridine rings is 1. The third kappa shape index (κ3) is 2.67. The molecule has 1 fully saturated rings. The molecular weight excluding hydrogens is 302 g/mol. The topological polar surface area (TPSA) is 107 Å². The minimum absolute atomic E-state index is 0.292. The number of hydrogen-bond donors (Lipinski definition) is 3. The summed E-state index contributed by atoms with van der Waals surface area (Å²) in [6, 6.07) is 4.14. The van der Waals surface area contributed by atoms with E-state index in [2.05, 4.69) is 20.4 Å². The van der Waals surface area contributed by atoms with Gasteiger partial charge in [-0.05, 0) is 43.7 Å². The van der Waals surface area contributed by atoms with Crippen molar-refractivity contribution < 1.29 is 0 Å². The van der Waals surface area contributed by atoms with Gasteiger partial charge in [0.1, 0.15) is 0 Å². The minimum atomic E-state index is 0.292. The summed E-state index contributed by atoms with van der Waals surface area (Å²) in [5.74, 6) is 1.12. The van der Waals surface area contributed by atoms with Crippen molar-refractivity contribution in [2.45, 2.75) is 37.6 Å². The van der Waals surface area contributed by atoms with Gasteiger partial charge < -0.3 is 16.8 Å². The molecule has 1 aliphatic carbocycles. The highest BCUT2D eigenvalue weighted by Gasteiger charge is 2.26. The van der Waals surface area contributed by atoms with Crippen LogP contribution in [-0.2, 0) is 0 Å². The van der Waals surface area contributed by atoms with E-state index in [0.717, 1.165) is 42.8 Å². The molecule has 0 bridgehead atoms. The summed E-state index contributed by atoms with van der Waals surface area (Å²) < 4.78 is 1.71. The normalized spacial score (nSPS) is 21.0. The monoisotopic (exact) mass is 323 g/mol. The molecule has 0 aliphatic heterocycles. The van der Waals surface area contributed by atoms with Crippen LogP contribution in [0.5, 0.6) is 0 Å². The Labute approximate surface area is 140 Å².